The Labute approximate surface area is 91.9 Å². The molecule has 4 N–H and O–H groups in total. The second-order valence-corrected chi connectivity index (χ2v) is 3.50. The van der Waals surface area contributed by atoms with Gasteiger partial charge in [-0.2, -0.15) is 5.10 Å². The minimum atomic E-state index is -0.487. The monoisotopic (exact) mass is 221 g/mol. The van der Waals surface area contributed by atoms with Crippen molar-refractivity contribution in [3.8, 4) is 11.3 Å². The number of aliphatic hydroxyl groups excluding tert-OH is 1. The molecule has 0 fully saturated rings. The second-order valence-electron chi connectivity index (χ2n) is 3.50. The minimum absolute atomic E-state index is 0.159. The Hall–Kier alpha value is -1.72. The first kappa shape index (κ1) is 10.8. The number of benzene rings is 1. The van der Waals surface area contributed by atoms with Crippen molar-refractivity contribution in [3.05, 3.63) is 41.8 Å². The van der Waals surface area contributed by atoms with Crippen LogP contribution in [-0.4, -0.2) is 21.9 Å². The topological polar surface area (TPSA) is 74.9 Å². The lowest BCUT2D eigenvalue weighted by Gasteiger charge is -2.08. The van der Waals surface area contributed by atoms with Gasteiger partial charge >= 0.3 is 0 Å². The summed E-state index contributed by atoms with van der Waals surface area (Å²) in [5.74, 6) is -0.295. The van der Waals surface area contributed by atoms with Gasteiger partial charge in [0.1, 0.15) is 5.82 Å². The van der Waals surface area contributed by atoms with Crippen molar-refractivity contribution in [2.45, 2.75) is 6.04 Å². The lowest BCUT2D eigenvalue weighted by Crippen LogP contribution is -2.14. The highest BCUT2D eigenvalue weighted by molar-refractivity contribution is 5.63. The van der Waals surface area contributed by atoms with E-state index in [1.54, 1.807) is 18.3 Å². The van der Waals surface area contributed by atoms with Crippen LogP contribution in [0.5, 0.6) is 0 Å². The fraction of sp³-hybridized carbons (Fsp3) is 0.182. The van der Waals surface area contributed by atoms with Crippen LogP contribution in [-0.2, 0) is 0 Å². The molecule has 84 valence electrons. The Morgan fingerprint density at radius 2 is 2.06 bits per heavy atom. The van der Waals surface area contributed by atoms with Gasteiger partial charge in [0.2, 0.25) is 0 Å². The molecule has 2 rings (SSSR count). The van der Waals surface area contributed by atoms with Crippen LogP contribution in [0.1, 0.15) is 11.6 Å². The summed E-state index contributed by atoms with van der Waals surface area (Å²) >= 11 is 0. The Balaban J connectivity index is 2.40. The van der Waals surface area contributed by atoms with E-state index in [1.807, 2.05) is 0 Å². The number of nitrogens with one attached hydrogen (secondary N) is 1. The third-order valence-corrected chi connectivity index (χ3v) is 2.40. The van der Waals surface area contributed by atoms with Crippen LogP contribution in [0.25, 0.3) is 11.3 Å². The quantitative estimate of drug-likeness (QED) is 0.729. The molecule has 0 saturated carbocycles. The highest BCUT2D eigenvalue weighted by atomic mass is 19.1. The van der Waals surface area contributed by atoms with Gasteiger partial charge in [0.25, 0.3) is 0 Å². The first-order valence-electron chi connectivity index (χ1n) is 4.88. The predicted octanol–water partition coefficient (Wildman–Crippen LogP) is 1.21. The van der Waals surface area contributed by atoms with Crippen molar-refractivity contribution < 1.29 is 9.50 Å². The molecule has 0 aliphatic carbocycles. The zero-order chi connectivity index (χ0) is 11.5. The smallest absolute Gasteiger partial charge is 0.123 e. The molecule has 4 nitrogen and oxygen atoms in total. The van der Waals surface area contributed by atoms with Crippen LogP contribution in [0.3, 0.4) is 0 Å². The van der Waals surface area contributed by atoms with E-state index in [0.717, 1.165) is 5.56 Å². The van der Waals surface area contributed by atoms with Gasteiger partial charge in [-0.05, 0) is 24.3 Å². The van der Waals surface area contributed by atoms with Crippen molar-refractivity contribution in [1.29, 1.82) is 0 Å². The highest BCUT2D eigenvalue weighted by Crippen LogP contribution is 2.24. The van der Waals surface area contributed by atoms with Gasteiger partial charge in [-0.15, -0.1) is 0 Å². The van der Waals surface area contributed by atoms with Crippen LogP contribution in [0.4, 0.5) is 4.39 Å². The molecule has 5 heteroatoms. The van der Waals surface area contributed by atoms with E-state index in [-0.39, 0.29) is 12.4 Å². The van der Waals surface area contributed by atoms with E-state index in [0.29, 0.717) is 11.3 Å². The average molecular weight is 221 g/mol. The van der Waals surface area contributed by atoms with Gasteiger partial charge in [-0.1, -0.05) is 0 Å². The van der Waals surface area contributed by atoms with Crippen LogP contribution in [0.2, 0.25) is 0 Å². The third-order valence-electron chi connectivity index (χ3n) is 2.40. The van der Waals surface area contributed by atoms with Gasteiger partial charge in [0, 0.05) is 11.1 Å². The minimum Gasteiger partial charge on any atom is -0.394 e. The third kappa shape index (κ3) is 1.95. The summed E-state index contributed by atoms with van der Waals surface area (Å²) in [4.78, 5) is 0. The van der Waals surface area contributed by atoms with Crippen molar-refractivity contribution >= 4 is 0 Å². The molecular formula is C11H12FN3O. The van der Waals surface area contributed by atoms with Crippen LogP contribution < -0.4 is 5.73 Å². The van der Waals surface area contributed by atoms with E-state index < -0.39 is 6.04 Å². The molecular weight excluding hydrogens is 209 g/mol. The van der Waals surface area contributed by atoms with Crippen molar-refractivity contribution in [1.82, 2.24) is 10.2 Å². The molecule has 0 amide bonds. The highest BCUT2D eigenvalue weighted by Gasteiger charge is 2.13. The summed E-state index contributed by atoms with van der Waals surface area (Å²) in [7, 11) is 0. The summed E-state index contributed by atoms with van der Waals surface area (Å²) in [6.45, 7) is -0.159. The van der Waals surface area contributed by atoms with Crippen molar-refractivity contribution in [2.75, 3.05) is 6.61 Å². The largest absolute Gasteiger partial charge is 0.394 e. The van der Waals surface area contributed by atoms with Crippen molar-refractivity contribution in [3.63, 3.8) is 0 Å². The number of aliphatic hydroxyl groups is 1. The molecule has 1 aromatic carbocycles. The Morgan fingerprint density at radius 1 is 1.38 bits per heavy atom. The summed E-state index contributed by atoms with van der Waals surface area (Å²) in [6, 6.07) is 5.51. The number of aromatic amines is 1. The van der Waals surface area contributed by atoms with E-state index in [4.69, 9.17) is 10.8 Å². The van der Waals surface area contributed by atoms with Crippen LogP contribution in [0.15, 0.2) is 30.5 Å². The van der Waals surface area contributed by atoms with Crippen LogP contribution >= 0.6 is 0 Å². The predicted molar refractivity (Wildman–Crippen MR) is 58.0 cm³/mol. The van der Waals surface area contributed by atoms with E-state index in [9.17, 15) is 4.39 Å². The molecule has 0 radical (unpaired) electrons. The standard InChI is InChI=1S/C11H12FN3O/c12-8-3-1-7(2-4-8)11-9(5-14-15-11)10(13)6-16/h1-5,10,16H,6,13H2,(H,14,15)/t10-/m1/s1. The number of nitrogens with two attached hydrogens (primary N) is 1. The fourth-order valence-electron chi connectivity index (χ4n) is 1.52. The molecule has 16 heavy (non-hydrogen) atoms. The van der Waals surface area contributed by atoms with E-state index in [1.165, 1.54) is 12.1 Å². The summed E-state index contributed by atoms with van der Waals surface area (Å²) < 4.78 is 12.8. The molecule has 0 aliphatic heterocycles. The molecule has 0 unspecified atom stereocenters. The molecule has 0 spiro atoms. The van der Waals surface area contributed by atoms with E-state index >= 15 is 0 Å². The number of H-pyrrole nitrogens is 1. The number of halogens is 1. The van der Waals surface area contributed by atoms with Gasteiger partial charge < -0.3 is 10.8 Å². The molecule has 0 saturated heterocycles. The Kier molecular flexibility index (Phi) is 2.98. The number of rotatable bonds is 3. The summed E-state index contributed by atoms with van der Waals surface area (Å²) in [6.07, 6.45) is 1.57. The molecule has 1 atom stereocenters. The maximum atomic E-state index is 12.8. The normalized spacial score (nSPS) is 12.7. The van der Waals surface area contributed by atoms with E-state index in [2.05, 4.69) is 10.2 Å². The first-order valence-corrected chi connectivity index (χ1v) is 4.88. The average Bonchev–Trinajstić information content (AvgIpc) is 2.78. The summed E-state index contributed by atoms with van der Waals surface area (Å²) in [5.41, 5.74) is 7.94. The molecule has 0 bridgehead atoms. The van der Waals surface area contributed by atoms with Crippen LogP contribution in [0, 0.1) is 5.82 Å². The maximum Gasteiger partial charge on any atom is 0.123 e. The molecule has 1 heterocycles. The Morgan fingerprint density at radius 3 is 2.69 bits per heavy atom. The number of hydrogen-bond donors (Lipinski definition) is 3. The summed E-state index contributed by atoms with van der Waals surface area (Å²) in [5, 5.41) is 15.7. The molecule has 0 aliphatic rings. The number of aromatic nitrogens is 2. The van der Waals surface area contributed by atoms with Gasteiger partial charge in [0.05, 0.1) is 24.5 Å². The zero-order valence-electron chi connectivity index (χ0n) is 8.52. The SMILES string of the molecule is N[C@H](CO)c1cn[nH]c1-c1ccc(F)cc1. The number of hydrogen-bond acceptors (Lipinski definition) is 3. The van der Waals surface area contributed by atoms with Gasteiger partial charge in [-0.3, -0.25) is 5.10 Å². The van der Waals surface area contributed by atoms with Gasteiger partial charge in [-0.25, -0.2) is 4.39 Å². The molecule has 1 aromatic heterocycles. The lowest BCUT2D eigenvalue weighted by atomic mass is 10.0. The number of nitrogens with zero attached hydrogens (tertiary/aromatic N) is 1. The fourth-order valence-corrected chi connectivity index (χ4v) is 1.52. The Bertz CT molecular complexity index is 466. The maximum absolute atomic E-state index is 12.8. The second kappa shape index (κ2) is 4.42. The van der Waals surface area contributed by atoms with Crippen molar-refractivity contribution in [2.24, 2.45) is 5.73 Å². The zero-order valence-corrected chi connectivity index (χ0v) is 8.52. The first-order chi connectivity index (χ1) is 7.72. The van der Waals surface area contributed by atoms with Gasteiger partial charge in [0.15, 0.2) is 0 Å². The lowest BCUT2D eigenvalue weighted by molar-refractivity contribution is 0.268. The molecule has 2 aromatic rings.